The first-order valence-electron chi connectivity index (χ1n) is 7.75. The molecule has 3 rings (SSSR count). The van der Waals surface area contributed by atoms with E-state index in [0.29, 0.717) is 30.0 Å². The van der Waals surface area contributed by atoms with E-state index in [1.807, 2.05) is 30.3 Å². The molecule has 5 heteroatoms. The first-order valence-corrected chi connectivity index (χ1v) is 7.75. The Morgan fingerprint density at radius 3 is 2.42 bits per heavy atom. The first kappa shape index (κ1) is 16.1. The molecule has 0 unspecified atom stereocenters. The van der Waals surface area contributed by atoms with Crippen molar-refractivity contribution in [2.24, 2.45) is 0 Å². The Morgan fingerprint density at radius 1 is 1.04 bits per heavy atom. The molecule has 2 aromatic rings. The van der Waals surface area contributed by atoms with E-state index in [0.717, 1.165) is 5.56 Å². The third kappa shape index (κ3) is 2.97. The third-order valence-corrected chi connectivity index (χ3v) is 4.27. The van der Waals surface area contributed by atoms with Crippen molar-refractivity contribution in [2.75, 3.05) is 20.8 Å². The molecule has 0 aliphatic carbocycles. The number of benzene rings is 2. The van der Waals surface area contributed by atoms with Crippen LogP contribution in [0.25, 0.3) is 0 Å². The highest BCUT2D eigenvalue weighted by Gasteiger charge is 2.35. The van der Waals surface area contributed by atoms with Gasteiger partial charge in [0.05, 0.1) is 14.2 Å². The van der Waals surface area contributed by atoms with Crippen molar-refractivity contribution < 1.29 is 19.1 Å². The fourth-order valence-electron chi connectivity index (χ4n) is 2.98. The Bertz CT molecular complexity index is 757. The molecular weight excluding hydrogens is 306 g/mol. The quantitative estimate of drug-likeness (QED) is 0.811. The minimum atomic E-state index is -0.306. The summed E-state index contributed by atoms with van der Waals surface area (Å²) in [5, 5.41) is 0. The largest absolute Gasteiger partial charge is 0.493 e. The first-order chi connectivity index (χ1) is 11.6. The van der Waals surface area contributed by atoms with Crippen molar-refractivity contribution in [1.29, 1.82) is 0 Å². The molecule has 0 radical (unpaired) electrons. The van der Waals surface area contributed by atoms with Crippen LogP contribution in [0.4, 0.5) is 0 Å². The number of rotatable bonds is 4. The number of hydrogen-bond acceptors (Lipinski definition) is 4. The SMILES string of the molecule is COc1ccc(C(=O)N2C[C@@H](c3ccccc3)CC2=O)cc1OC. The van der Waals surface area contributed by atoms with Crippen LogP contribution in [0.5, 0.6) is 11.5 Å². The second kappa shape index (κ2) is 6.74. The van der Waals surface area contributed by atoms with Gasteiger partial charge in [-0.2, -0.15) is 0 Å². The van der Waals surface area contributed by atoms with Crippen LogP contribution in [0, 0.1) is 0 Å². The topological polar surface area (TPSA) is 55.8 Å². The maximum atomic E-state index is 12.7. The van der Waals surface area contributed by atoms with Crippen molar-refractivity contribution in [3.05, 3.63) is 59.7 Å². The molecule has 0 saturated carbocycles. The molecule has 0 spiro atoms. The summed E-state index contributed by atoms with van der Waals surface area (Å²) in [7, 11) is 3.05. The van der Waals surface area contributed by atoms with Crippen molar-refractivity contribution in [1.82, 2.24) is 4.90 Å². The Balaban J connectivity index is 1.81. The van der Waals surface area contributed by atoms with Gasteiger partial charge in [0.25, 0.3) is 5.91 Å². The van der Waals surface area contributed by atoms with Crippen LogP contribution >= 0.6 is 0 Å². The van der Waals surface area contributed by atoms with E-state index in [2.05, 4.69) is 0 Å². The van der Waals surface area contributed by atoms with Gasteiger partial charge in [-0.15, -0.1) is 0 Å². The van der Waals surface area contributed by atoms with Gasteiger partial charge in [0.2, 0.25) is 5.91 Å². The predicted octanol–water partition coefficient (Wildman–Crippen LogP) is 2.86. The zero-order valence-corrected chi connectivity index (χ0v) is 13.7. The molecule has 2 aromatic carbocycles. The molecule has 1 atom stereocenters. The van der Waals surface area contributed by atoms with Gasteiger partial charge in [-0.1, -0.05) is 30.3 Å². The number of likely N-dealkylation sites (tertiary alicyclic amines) is 1. The fourth-order valence-corrected chi connectivity index (χ4v) is 2.98. The molecule has 1 aliphatic rings. The molecule has 1 fully saturated rings. The fraction of sp³-hybridized carbons (Fsp3) is 0.263. The smallest absolute Gasteiger partial charge is 0.260 e. The number of nitrogens with zero attached hydrogens (tertiary/aromatic N) is 1. The molecule has 1 heterocycles. The zero-order chi connectivity index (χ0) is 17.1. The average Bonchev–Trinajstić information content (AvgIpc) is 3.03. The highest BCUT2D eigenvalue weighted by molar-refractivity contribution is 6.06. The number of carbonyl (C=O) groups excluding carboxylic acids is 2. The molecular formula is C19H19NO4. The number of ether oxygens (including phenoxy) is 2. The Morgan fingerprint density at radius 2 is 1.75 bits per heavy atom. The van der Waals surface area contributed by atoms with Gasteiger partial charge in [0.15, 0.2) is 11.5 Å². The lowest BCUT2D eigenvalue weighted by molar-refractivity contribution is -0.125. The Kier molecular flexibility index (Phi) is 4.51. The highest BCUT2D eigenvalue weighted by atomic mass is 16.5. The van der Waals surface area contributed by atoms with Crippen molar-refractivity contribution in [3.63, 3.8) is 0 Å². The number of carbonyl (C=O) groups is 2. The van der Waals surface area contributed by atoms with Gasteiger partial charge in [0.1, 0.15) is 0 Å². The lowest BCUT2D eigenvalue weighted by Crippen LogP contribution is -2.32. The summed E-state index contributed by atoms with van der Waals surface area (Å²) in [5.41, 5.74) is 1.49. The van der Waals surface area contributed by atoms with E-state index in [1.54, 1.807) is 18.2 Å². The molecule has 2 amide bonds. The van der Waals surface area contributed by atoms with Gasteiger partial charge in [-0.05, 0) is 23.8 Å². The number of imide groups is 1. The maximum absolute atomic E-state index is 12.7. The third-order valence-electron chi connectivity index (χ3n) is 4.27. The number of amides is 2. The molecule has 5 nitrogen and oxygen atoms in total. The Labute approximate surface area is 140 Å². The van der Waals surface area contributed by atoms with Gasteiger partial charge >= 0.3 is 0 Å². The van der Waals surface area contributed by atoms with E-state index < -0.39 is 0 Å². The molecule has 24 heavy (non-hydrogen) atoms. The summed E-state index contributed by atoms with van der Waals surface area (Å²) < 4.78 is 10.4. The number of hydrogen-bond donors (Lipinski definition) is 0. The summed E-state index contributed by atoms with van der Waals surface area (Å²) in [6, 6.07) is 14.7. The summed E-state index contributed by atoms with van der Waals surface area (Å²) in [6.07, 6.45) is 0.350. The van der Waals surface area contributed by atoms with Crippen LogP contribution in [-0.4, -0.2) is 37.5 Å². The molecule has 0 N–H and O–H groups in total. The van der Waals surface area contributed by atoms with Crippen LogP contribution in [-0.2, 0) is 4.79 Å². The maximum Gasteiger partial charge on any atom is 0.260 e. The monoisotopic (exact) mass is 325 g/mol. The summed E-state index contributed by atoms with van der Waals surface area (Å²) >= 11 is 0. The second-order valence-corrected chi connectivity index (χ2v) is 5.69. The zero-order valence-electron chi connectivity index (χ0n) is 13.7. The highest BCUT2D eigenvalue weighted by Crippen LogP contribution is 2.31. The van der Waals surface area contributed by atoms with Crippen LogP contribution in [0.3, 0.4) is 0 Å². The average molecular weight is 325 g/mol. The van der Waals surface area contributed by atoms with Gasteiger partial charge in [-0.3, -0.25) is 14.5 Å². The standard InChI is InChI=1S/C19H19NO4/c1-23-16-9-8-14(10-17(16)24-2)19(22)20-12-15(11-18(20)21)13-6-4-3-5-7-13/h3-10,15H,11-12H2,1-2H3/t15-/m0/s1. The second-order valence-electron chi connectivity index (χ2n) is 5.69. The molecule has 1 aliphatic heterocycles. The van der Waals surface area contributed by atoms with Crippen LogP contribution in [0.2, 0.25) is 0 Å². The Hall–Kier alpha value is -2.82. The van der Waals surface area contributed by atoms with Crippen LogP contribution in [0.1, 0.15) is 28.3 Å². The minimum absolute atomic E-state index is 0.0443. The van der Waals surface area contributed by atoms with E-state index in [1.165, 1.54) is 19.1 Å². The lowest BCUT2D eigenvalue weighted by atomic mass is 9.98. The van der Waals surface area contributed by atoms with E-state index in [-0.39, 0.29) is 17.7 Å². The summed E-state index contributed by atoms with van der Waals surface area (Å²) in [4.78, 5) is 26.3. The summed E-state index contributed by atoms with van der Waals surface area (Å²) in [5.74, 6) is 0.601. The van der Waals surface area contributed by atoms with E-state index >= 15 is 0 Å². The van der Waals surface area contributed by atoms with Gasteiger partial charge < -0.3 is 9.47 Å². The normalized spacial score (nSPS) is 17.0. The predicted molar refractivity (Wildman–Crippen MR) is 89.4 cm³/mol. The van der Waals surface area contributed by atoms with Crippen molar-refractivity contribution in [3.8, 4) is 11.5 Å². The lowest BCUT2D eigenvalue weighted by Gasteiger charge is -2.16. The molecule has 1 saturated heterocycles. The molecule has 0 aromatic heterocycles. The molecule has 0 bridgehead atoms. The minimum Gasteiger partial charge on any atom is -0.493 e. The van der Waals surface area contributed by atoms with Crippen LogP contribution < -0.4 is 9.47 Å². The van der Waals surface area contributed by atoms with E-state index in [4.69, 9.17) is 9.47 Å². The van der Waals surface area contributed by atoms with Crippen molar-refractivity contribution >= 4 is 11.8 Å². The van der Waals surface area contributed by atoms with Crippen LogP contribution in [0.15, 0.2) is 48.5 Å². The summed E-state index contributed by atoms with van der Waals surface area (Å²) in [6.45, 7) is 0.399. The van der Waals surface area contributed by atoms with Crippen molar-refractivity contribution in [2.45, 2.75) is 12.3 Å². The van der Waals surface area contributed by atoms with Gasteiger partial charge in [-0.25, -0.2) is 0 Å². The van der Waals surface area contributed by atoms with Gasteiger partial charge in [0, 0.05) is 24.4 Å². The molecule has 124 valence electrons. The van der Waals surface area contributed by atoms with E-state index in [9.17, 15) is 9.59 Å². The number of methoxy groups -OCH3 is 2.